The van der Waals surface area contributed by atoms with Gasteiger partial charge >= 0.3 is 0 Å². The summed E-state index contributed by atoms with van der Waals surface area (Å²) in [4.78, 5) is 0. The molecule has 2 fully saturated rings. The number of rotatable bonds is 8. The first-order valence-corrected chi connectivity index (χ1v) is 12.7. The number of hydrogen-bond acceptors (Lipinski definition) is 1. The molecule has 0 spiro atoms. The van der Waals surface area contributed by atoms with E-state index in [0.29, 0.717) is 12.2 Å². The number of halogens is 2. The summed E-state index contributed by atoms with van der Waals surface area (Å²) < 4.78 is 34.4. The third kappa shape index (κ3) is 6.20. The zero-order valence-electron chi connectivity index (χ0n) is 19.2. The van der Waals surface area contributed by atoms with Crippen molar-refractivity contribution in [1.82, 2.24) is 0 Å². The molecule has 1 aromatic rings. The third-order valence-electron chi connectivity index (χ3n) is 7.85. The van der Waals surface area contributed by atoms with E-state index < -0.39 is 11.6 Å². The Kier molecular flexibility index (Phi) is 9.46. The quantitative estimate of drug-likeness (QED) is 0.382. The van der Waals surface area contributed by atoms with Gasteiger partial charge < -0.3 is 4.74 Å². The molecular formula is C27H42F2O. The van der Waals surface area contributed by atoms with Crippen molar-refractivity contribution in [3.05, 3.63) is 29.3 Å². The Hall–Kier alpha value is -1.12. The van der Waals surface area contributed by atoms with Crippen LogP contribution in [0.15, 0.2) is 12.1 Å². The standard InChI is InChI=1S/C27H42F2O/c1-3-5-6-9-20-12-14-22(15-13-20)21-10-7-8-11-23(17-16-21)24-18-19-25(30-4-2)27(29)26(24)28/h18-23H,3-17H2,1-2H3. The van der Waals surface area contributed by atoms with Gasteiger partial charge in [0.25, 0.3) is 0 Å². The second-order valence-corrected chi connectivity index (χ2v) is 9.81. The van der Waals surface area contributed by atoms with Crippen LogP contribution >= 0.6 is 0 Å². The molecule has 2 saturated carbocycles. The van der Waals surface area contributed by atoms with Crippen LogP contribution in [-0.2, 0) is 0 Å². The van der Waals surface area contributed by atoms with E-state index >= 15 is 0 Å². The molecule has 0 N–H and O–H groups in total. The molecule has 0 amide bonds. The predicted octanol–water partition coefficient (Wildman–Crippen LogP) is 8.80. The average molecular weight is 421 g/mol. The van der Waals surface area contributed by atoms with Crippen LogP contribution in [-0.4, -0.2) is 6.61 Å². The van der Waals surface area contributed by atoms with E-state index in [4.69, 9.17) is 4.74 Å². The van der Waals surface area contributed by atoms with Gasteiger partial charge in [0.15, 0.2) is 11.6 Å². The summed E-state index contributed by atoms with van der Waals surface area (Å²) in [6, 6.07) is 3.39. The van der Waals surface area contributed by atoms with Gasteiger partial charge in [-0.05, 0) is 74.3 Å². The normalized spacial score (nSPS) is 28.0. The first-order valence-electron chi connectivity index (χ1n) is 12.7. The SMILES string of the molecule is CCCCCC1CCC(C2CCCCC(c3ccc(OCC)c(F)c3F)CC2)CC1. The van der Waals surface area contributed by atoms with Crippen molar-refractivity contribution in [3.63, 3.8) is 0 Å². The second kappa shape index (κ2) is 12.1. The van der Waals surface area contributed by atoms with Crippen LogP contribution in [0.3, 0.4) is 0 Å². The summed E-state index contributed by atoms with van der Waals surface area (Å²) in [6.45, 7) is 4.42. The van der Waals surface area contributed by atoms with Gasteiger partial charge in [-0.25, -0.2) is 4.39 Å². The van der Waals surface area contributed by atoms with Crippen molar-refractivity contribution in [2.24, 2.45) is 17.8 Å². The van der Waals surface area contributed by atoms with E-state index in [9.17, 15) is 8.78 Å². The van der Waals surface area contributed by atoms with E-state index in [2.05, 4.69) is 6.92 Å². The molecule has 0 aromatic heterocycles. The fourth-order valence-corrected chi connectivity index (χ4v) is 6.04. The molecule has 1 aromatic carbocycles. The smallest absolute Gasteiger partial charge is 0.200 e. The van der Waals surface area contributed by atoms with E-state index in [1.807, 2.05) is 0 Å². The lowest BCUT2D eigenvalue weighted by Gasteiger charge is -2.36. The van der Waals surface area contributed by atoms with Crippen molar-refractivity contribution in [1.29, 1.82) is 0 Å². The molecule has 2 aliphatic carbocycles. The molecule has 0 radical (unpaired) electrons. The van der Waals surface area contributed by atoms with Crippen LogP contribution in [0.4, 0.5) is 8.78 Å². The van der Waals surface area contributed by atoms with Gasteiger partial charge in [0.05, 0.1) is 6.61 Å². The van der Waals surface area contributed by atoms with Gasteiger partial charge in [-0.1, -0.05) is 70.8 Å². The van der Waals surface area contributed by atoms with E-state index in [1.165, 1.54) is 70.6 Å². The Morgan fingerprint density at radius 2 is 1.50 bits per heavy atom. The van der Waals surface area contributed by atoms with E-state index in [-0.39, 0.29) is 11.7 Å². The minimum atomic E-state index is -0.811. The Bertz CT molecular complexity index is 636. The number of benzene rings is 1. The minimum Gasteiger partial charge on any atom is -0.491 e. The van der Waals surface area contributed by atoms with Crippen LogP contribution in [0.5, 0.6) is 5.75 Å². The Morgan fingerprint density at radius 3 is 2.23 bits per heavy atom. The zero-order valence-corrected chi connectivity index (χ0v) is 19.2. The summed E-state index contributed by atoms with van der Waals surface area (Å²) in [5.41, 5.74) is 0.566. The summed E-state index contributed by atoms with van der Waals surface area (Å²) in [5.74, 6) is 1.27. The van der Waals surface area contributed by atoms with Crippen LogP contribution in [0.25, 0.3) is 0 Å². The Morgan fingerprint density at radius 1 is 0.800 bits per heavy atom. The molecule has 2 unspecified atom stereocenters. The van der Waals surface area contributed by atoms with Crippen LogP contribution in [0.2, 0.25) is 0 Å². The first-order chi connectivity index (χ1) is 14.6. The molecule has 3 heteroatoms. The van der Waals surface area contributed by atoms with Crippen molar-refractivity contribution in [2.75, 3.05) is 6.61 Å². The molecule has 2 aliphatic rings. The number of hydrogen-bond donors (Lipinski definition) is 0. The lowest BCUT2D eigenvalue weighted by atomic mass is 9.70. The fraction of sp³-hybridized carbons (Fsp3) is 0.778. The monoisotopic (exact) mass is 420 g/mol. The molecule has 2 atom stereocenters. The summed E-state index contributed by atoms with van der Waals surface area (Å²) in [6.07, 6.45) is 18.0. The number of ether oxygens (including phenoxy) is 1. The first kappa shape index (κ1) is 23.5. The van der Waals surface area contributed by atoms with Gasteiger partial charge in [0.2, 0.25) is 5.82 Å². The molecule has 0 heterocycles. The summed E-state index contributed by atoms with van der Waals surface area (Å²) in [7, 11) is 0. The van der Waals surface area contributed by atoms with Gasteiger partial charge in [-0.15, -0.1) is 0 Å². The van der Waals surface area contributed by atoms with Gasteiger partial charge in [0.1, 0.15) is 0 Å². The van der Waals surface area contributed by atoms with Crippen LogP contribution < -0.4 is 4.74 Å². The summed E-state index contributed by atoms with van der Waals surface area (Å²) in [5, 5.41) is 0. The Balaban J connectivity index is 1.56. The molecular weight excluding hydrogens is 378 g/mol. The molecule has 0 saturated heterocycles. The van der Waals surface area contributed by atoms with E-state index in [1.54, 1.807) is 19.1 Å². The lowest BCUT2D eigenvalue weighted by Crippen LogP contribution is -2.23. The van der Waals surface area contributed by atoms with Crippen molar-refractivity contribution < 1.29 is 13.5 Å². The van der Waals surface area contributed by atoms with Gasteiger partial charge in [0, 0.05) is 0 Å². The Labute approximate surface area is 183 Å². The fourth-order valence-electron chi connectivity index (χ4n) is 6.04. The van der Waals surface area contributed by atoms with Gasteiger partial charge in [-0.2, -0.15) is 4.39 Å². The third-order valence-corrected chi connectivity index (χ3v) is 7.85. The minimum absolute atomic E-state index is 0.0400. The highest BCUT2D eigenvalue weighted by molar-refractivity contribution is 5.33. The largest absolute Gasteiger partial charge is 0.491 e. The second-order valence-electron chi connectivity index (χ2n) is 9.81. The zero-order chi connectivity index (χ0) is 21.3. The molecule has 30 heavy (non-hydrogen) atoms. The molecule has 0 aliphatic heterocycles. The van der Waals surface area contributed by atoms with Crippen molar-refractivity contribution in [2.45, 2.75) is 110 Å². The average Bonchev–Trinajstić information content (AvgIpc) is 2.73. The molecule has 170 valence electrons. The summed E-state index contributed by atoms with van der Waals surface area (Å²) >= 11 is 0. The molecule has 3 rings (SSSR count). The maximum absolute atomic E-state index is 14.8. The van der Waals surface area contributed by atoms with E-state index in [0.717, 1.165) is 37.0 Å². The lowest BCUT2D eigenvalue weighted by molar-refractivity contribution is 0.167. The van der Waals surface area contributed by atoms with Gasteiger partial charge in [-0.3, -0.25) is 0 Å². The highest BCUT2D eigenvalue weighted by Gasteiger charge is 2.30. The maximum atomic E-state index is 14.8. The topological polar surface area (TPSA) is 9.23 Å². The molecule has 0 bridgehead atoms. The molecule has 1 nitrogen and oxygen atoms in total. The van der Waals surface area contributed by atoms with Crippen molar-refractivity contribution in [3.8, 4) is 5.75 Å². The maximum Gasteiger partial charge on any atom is 0.200 e. The predicted molar refractivity (Wildman–Crippen MR) is 121 cm³/mol. The highest BCUT2D eigenvalue weighted by atomic mass is 19.2. The van der Waals surface area contributed by atoms with Crippen LogP contribution in [0.1, 0.15) is 115 Å². The number of unbranched alkanes of at least 4 members (excludes halogenated alkanes) is 2. The highest BCUT2D eigenvalue weighted by Crippen LogP contribution is 2.43. The van der Waals surface area contributed by atoms with Crippen LogP contribution in [0, 0.1) is 29.4 Å². The van der Waals surface area contributed by atoms with Crippen molar-refractivity contribution >= 4 is 0 Å².